The van der Waals surface area contributed by atoms with Crippen LogP contribution in [-0.4, -0.2) is 28.8 Å². The molecule has 0 saturated heterocycles. The Morgan fingerprint density at radius 1 is 0.846 bits per heavy atom. The predicted molar refractivity (Wildman–Crippen MR) is 107 cm³/mol. The quantitative estimate of drug-likeness (QED) is 0.203. The molecule has 0 amide bonds. The third-order valence-corrected chi connectivity index (χ3v) is 5.92. The van der Waals surface area contributed by atoms with Crippen LogP contribution in [0.5, 0.6) is 0 Å². The van der Waals surface area contributed by atoms with Crippen molar-refractivity contribution in [2.24, 2.45) is 0 Å². The van der Waals surface area contributed by atoms with E-state index in [-0.39, 0.29) is 6.42 Å². The number of ketones is 1. The smallest absolute Gasteiger partial charge is 0.302 e. The van der Waals surface area contributed by atoms with Crippen molar-refractivity contribution in [2.75, 3.05) is 0 Å². The van der Waals surface area contributed by atoms with E-state index in [1.807, 2.05) is 0 Å². The van der Waals surface area contributed by atoms with E-state index >= 15 is 0 Å². The van der Waals surface area contributed by atoms with E-state index in [0.29, 0.717) is 6.42 Å². The molecule has 0 aliphatic heterocycles. The monoisotopic (exact) mass is 390 g/mol. The van der Waals surface area contributed by atoms with E-state index in [4.69, 9.17) is 4.55 Å². The van der Waals surface area contributed by atoms with Gasteiger partial charge >= 0.3 is 10.1 Å². The summed E-state index contributed by atoms with van der Waals surface area (Å²) in [6.45, 7) is 3.05. The second kappa shape index (κ2) is 14.4. The maximum absolute atomic E-state index is 11.6. The van der Waals surface area contributed by atoms with E-state index < -0.39 is 20.8 Å². The summed E-state index contributed by atoms with van der Waals surface area (Å²) in [7, 11) is -4.77. The number of allylic oxidation sites excluding steroid dienone is 2. The molecule has 0 spiro atoms. The summed E-state index contributed by atoms with van der Waals surface area (Å²) in [5, 5.41) is 9.54. The Bertz CT molecular complexity index is 494. The lowest BCUT2D eigenvalue weighted by Crippen LogP contribution is -2.43. The zero-order valence-electron chi connectivity index (χ0n) is 16.6. The lowest BCUT2D eigenvalue weighted by atomic mass is 10.1. The molecule has 0 aliphatic carbocycles. The van der Waals surface area contributed by atoms with Crippen molar-refractivity contribution in [2.45, 2.75) is 109 Å². The van der Waals surface area contributed by atoms with Crippen LogP contribution in [0.25, 0.3) is 0 Å². The molecule has 26 heavy (non-hydrogen) atoms. The maximum atomic E-state index is 11.6. The normalized spacial score (nSPS) is 14.6. The molecule has 0 rings (SSSR count). The van der Waals surface area contributed by atoms with Gasteiger partial charge in [-0.05, 0) is 39.0 Å². The minimum absolute atomic E-state index is 0.0368. The summed E-state index contributed by atoms with van der Waals surface area (Å²) in [6.07, 6.45) is 19.2. The van der Waals surface area contributed by atoms with E-state index in [2.05, 4.69) is 19.1 Å². The molecule has 1 atom stereocenters. The highest BCUT2D eigenvalue weighted by Crippen LogP contribution is 2.17. The van der Waals surface area contributed by atoms with Crippen LogP contribution in [0.3, 0.4) is 0 Å². The molecule has 2 N–H and O–H groups in total. The van der Waals surface area contributed by atoms with Gasteiger partial charge in [0.05, 0.1) is 0 Å². The Labute approximate surface area is 160 Å². The summed E-state index contributed by atoms with van der Waals surface area (Å²) in [5.41, 5.74) is 0. The fraction of sp³-hybridized carbons (Fsp3) is 0.850. The average Bonchev–Trinajstić information content (AvgIpc) is 2.57. The van der Waals surface area contributed by atoms with Gasteiger partial charge < -0.3 is 5.11 Å². The van der Waals surface area contributed by atoms with Crippen molar-refractivity contribution in [3.8, 4) is 0 Å². The van der Waals surface area contributed by atoms with Gasteiger partial charge in [0.25, 0.3) is 0 Å². The van der Waals surface area contributed by atoms with E-state index in [0.717, 1.165) is 39.0 Å². The average molecular weight is 391 g/mol. The second-order valence-corrected chi connectivity index (χ2v) is 8.96. The van der Waals surface area contributed by atoms with Gasteiger partial charge in [-0.15, -0.1) is 0 Å². The van der Waals surface area contributed by atoms with Crippen LogP contribution >= 0.6 is 0 Å². The zero-order valence-corrected chi connectivity index (χ0v) is 17.4. The molecular weight excluding hydrogens is 352 g/mol. The zero-order chi connectivity index (χ0) is 19.9. The molecule has 6 heteroatoms. The minimum atomic E-state index is -4.77. The first-order chi connectivity index (χ1) is 12.2. The van der Waals surface area contributed by atoms with Crippen molar-refractivity contribution in [1.29, 1.82) is 0 Å². The molecule has 0 aromatic rings. The molecule has 0 aromatic carbocycles. The van der Waals surface area contributed by atoms with Crippen molar-refractivity contribution in [3.63, 3.8) is 0 Å². The van der Waals surface area contributed by atoms with Crippen LogP contribution in [0.4, 0.5) is 0 Å². The highest BCUT2D eigenvalue weighted by Gasteiger charge is 2.42. The SMILES string of the molecule is CCCCCCCC/C=C\CCCCCCCC(=O)C(C)(O)S(=O)(=O)O. The summed E-state index contributed by atoms with van der Waals surface area (Å²) in [6, 6.07) is 0. The van der Waals surface area contributed by atoms with Gasteiger partial charge in [-0.3, -0.25) is 9.35 Å². The number of carbonyl (C=O) groups excluding carboxylic acids is 1. The Morgan fingerprint density at radius 2 is 1.27 bits per heavy atom. The molecule has 0 aliphatic rings. The van der Waals surface area contributed by atoms with Crippen LogP contribution in [0.15, 0.2) is 12.2 Å². The molecule has 0 fully saturated rings. The third kappa shape index (κ3) is 11.8. The molecule has 0 heterocycles. The van der Waals surface area contributed by atoms with Gasteiger partial charge in [-0.2, -0.15) is 8.42 Å². The molecule has 1 unspecified atom stereocenters. The topological polar surface area (TPSA) is 91.7 Å². The Kier molecular flexibility index (Phi) is 14.0. The first kappa shape index (κ1) is 25.3. The first-order valence-corrected chi connectivity index (χ1v) is 11.5. The van der Waals surface area contributed by atoms with Crippen LogP contribution in [0.2, 0.25) is 0 Å². The number of aliphatic hydroxyl groups is 1. The van der Waals surface area contributed by atoms with Gasteiger partial charge in [-0.25, -0.2) is 0 Å². The van der Waals surface area contributed by atoms with Gasteiger partial charge in [0, 0.05) is 6.42 Å². The number of carbonyl (C=O) groups is 1. The van der Waals surface area contributed by atoms with Crippen LogP contribution < -0.4 is 0 Å². The lowest BCUT2D eigenvalue weighted by Gasteiger charge is -2.17. The van der Waals surface area contributed by atoms with Crippen molar-refractivity contribution < 1.29 is 22.9 Å². The number of unbranched alkanes of at least 4 members (excludes halogenated alkanes) is 11. The Balaban J connectivity index is 3.52. The number of hydrogen-bond acceptors (Lipinski definition) is 4. The molecule has 0 saturated carbocycles. The molecule has 0 radical (unpaired) electrons. The summed E-state index contributed by atoms with van der Waals surface area (Å²) >= 11 is 0. The fourth-order valence-electron chi connectivity index (χ4n) is 2.73. The van der Waals surface area contributed by atoms with E-state index in [1.54, 1.807) is 0 Å². The Hall–Kier alpha value is -0.720. The van der Waals surface area contributed by atoms with Gasteiger partial charge in [0.15, 0.2) is 5.78 Å². The van der Waals surface area contributed by atoms with Crippen molar-refractivity contribution in [3.05, 3.63) is 12.2 Å². The number of hydrogen-bond donors (Lipinski definition) is 2. The number of Topliss-reactive ketones (excluding diaryl/α,β-unsaturated/α-hetero) is 1. The minimum Gasteiger partial charge on any atom is -0.367 e. The summed E-state index contributed by atoms with van der Waals surface area (Å²) < 4.78 is 30.7. The van der Waals surface area contributed by atoms with Crippen LogP contribution in [0, 0.1) is 0 Å². The van der Waals surface area contributed by atoms with E-state index in [9.17, 15) is 18.3 Å². The summed E-state index contributed by atoms with van der Waals surface area (Å²) in [4.78, 5) is 8.96. The predicted octanol–water partition coefficient (Wildman–Crippen LogP) is 5.19. The molecular formula is C20H38O5S. The van der Waals surface area contributed by atoms with Crippen molar-refractivity contribution in [1.82, 2.24) is 0 Å². The molecule has 0 bridgehead atoms. The van der Waals surface area contributed by atoms with E-state index in [1.165, 1.54) is 44.9 Å². The highest BCUT2D eigenvalue weighted by molar-refractivity contribution is 7.87. The largest absolute Gasteiger partial charge is 0.367 e. The third-order valence-electron chi connectivity index (χ3n) is 4.69. The van der Waals surface area contributed by atoms with Gasteiger partial charge in [0.1, 0.15) is 0 Å². The van der Waals surface area contributed by atoms with Crippen LogP contribution in [0.1, 0.15) is 104 Å². The lowest BCUT2D eigenvalue weighted by molar-refractivity contribution is -0.129. The fourth-order valence-corrected chi connectivity index (χ4v) is 3.12. The summed E-state index contributed by atoms with van der Waals surface area (Å²) in [5.74, 6) is -0.849. The van der Waals surface area contributed by atoms with Crippen LogP contribution in [-0.2, 0) is 14.9 Å². The van der Waals surface area contributed by atoms with Gasteiger partial charge in [-0.1, -0.05) is 70.4 Å². The molecule has 154 valence electrons. The van der Waals surface area contributed by atoms with Crippen molar-refractivity contribution >= 4 is 15.9 Å². The van der Waals surface area contributed by atoms with Gasteiger partial charge in [0.2, 0.25) is 4.93 Å². The Morgan fingerprint density at radius 3 is 1.73 bits per heavy atom. The standard InChI is InChI=1S/C20H38O5S/c1-3-4-5-6-7-8-9-10-11-12-13-14-15-16-17-18-19(21)20(2,22)26(23,24)25/h10-11,22H,3-9,12-18H2,1-2H3,(H,23,24,25)/b11-10-. The molecule has 0 aromatic heterocycles. The number of rotatable bonds is 17. The highest BCUT2D eigenvalue weighted by atomic mass is 32.2. The molecule has 5 nitrogen and oxygen atoms in total. The maximum Gasteiger partial charge on any atom is 0.302 e. The second-order valence-electron chi connectivity index (χ2n) is 7.22. The first-order valence-electron chi connectivity index (χ1n) is 10.1.